The molecule has 0 atom stereocenters. The summed E-state index contributed by atoms with van der Waals surface area (Å²) < 4.78 is 5.20. The number of nitriles is 1. The number of nitrogens with one attached hydrogen (secondary N) is 1. The summed E-state index contributed by atoms with van der Waals surface area (Å²) in [6, 6.07) is 12.9. The van der Waals surface area contributed by atoms with Gasteiger partial charge in [-0.2, -0.15) is 5.26 Å². The Morgan fingerprint density at radius 1 is 1.28 bits per heavy atom. The molecule has 0 aliphatic heterocycles. The van der Waals surface area contributed by atoms with Crippen LogP contribution in [0.5, 0.6) is 5.75 Å². The lowest BCUT2D eigenvalue weighted by atomic mass is 10.2. The highest BCUT2D eigenvalue weighted by Gasteiger charge is 2.13. The summed E-state index contributed by atoms with van der Waals surface area (Å²) in [4.78, 5) is 17.9. The number of thiophene rings is 1. The summed E-state index contributed by atoms with van der Waals surface area (Å²) in [6.45, 7) is 0. The number of ether oxygens (including phenoxy) is 1. The van der Waals surface area contributed by atoms with Gasteiger partial charge in [0.2, 0.25) is 0 Å². The van der Waals surface area contributed by atoms with Crippen molar-refractivity contribution in [2.45, 2.75) is 0 Å². The average molecular weight is 367 g/mol. The van der Waals surface area contributed by atoms with Crippen molar-refractivity contribution in [3.63, 3.8) is 0 Å². The van der Waals surface area contributed by atoms with Crippen LogP contribution in [-0.2, 0) is 4.79 Å². The number of amides is 1. The third-order valence-corrected chi connectivity index (χ3v) is 5.17. The van der Waals surface area contributed by atoms with Gasteiger partial charge in [-0.05, 0) is 29.7 Å². The molecular weight excluding hydrogens is 354 g/mol. The molecule has 0 unspecified atom stereocenters. The number of thiazole rings is 1. The summed E-state index contributed by atoms with van der Waals surface area (Å²) in [7, 11) is 1.52. The number of hydrogen-bond acceptors (Lipinski definition) is 6. The molecule has 7 heteroatoms. The molecule has 3 rings (SSSR count). The number of para-hydroxylation sites is 2. The molecule has 0 saturated heterocycles. The molecule has 0 radical (unpaired) electrons. The van der Waals surface area contributed by atoms with E-state index in [9.17, 15) is 10.1 Å². The van der Waals surface area contributed by atoms with Crippen molar-refractivity contribution in [1.29, 1.82) is 5.26 Å². The average Bonchev–Trinajstić information content (AvgIpc) is 3.31. The van der Waals surface area contributed by atoms with Crippen LogP contribution in [0, 0.1) is 11.3 Å². The standard InChI is InChI=1S/C18H13N3O2S2/c1-23-15-6-3-2-5-14(15)21-17(22)12(10-19)9-13-11-25-18(20-13)16-7-4-8-24-16/h2-9,11H,1H3,(H,21,22). The molecule has 1 amide bonds. The Morgan fingerprint density at radius 2 is 2.12 bits per heavy atom. The number of carbonyl (C=O) groups excluding carboxylic acids is 1. The SMILES string of the molecule is COc1ccccc1NC(=O)C(C#N)=Cc1csc(-c2cccs2)n1. The quantitative estimate of drug-likeness (QED) is 0.535. The first kappa shape index (κ1) is 16.9. The second-order valence-corrected chi connectivity index (χ2v) is 6.68. The van der Waals surface area contributed by atoms with Crippen molar-refractivity contribution in [3.8, 4) is 21.7 Å². The molecule has 2 heterocycles. The second-order valence-electron chi connectivity index (χ2n) is 4.88. The van der Waals surface area contributed by atoms with Crippen LogP contribution >= 0.6 is 22.7 Å². The van der Waals surface area contributed by atoms with Crippen LogP contribution in [0.2, 0.25) is 0 Å². The third-order valence-electron chi connectivity index (χ3n) is 3.27. The maximum absolute atomic E-state index is 12.4. The van der Waals surface area contributed by atoms with Gasteiger partial charge in [0, 0.05) is 5.38 Å². The van der Waals surface area contributed by atoms with Crippen LogP contribution in [0.15, 0.2) is 52.7 Å². The maximum Gasteiger partial charge on any atom is 0.266 e. The fourth-order valence-electron chi connectivity index (χ4n) is 2.10. The minimum atomic E-state index is -0.502. The highest BCUT2D eigenvalue weighted by molar-refractivity contribution is 7.20. The van der Waals surface area contributed by atoms with Gasteiger partial charge in [0.1, 0.15) is 22.4 Å². The number of rotatable bonds is 5. The molecule has 0 spiro atoms. The van der Waals surface area contributed by atoms with E-state index in [1.54, 1.807) is 35.6 Å². The van der Waals surface area contributed by atoms with Crippen LogP contribution in [0.25, 0.3) is 16.0 Å². The highest BCUT2D eigenvalue weighted by Crippen LogP contribution is 2.28. The summed E-state index contributed by atoms with van der Waals surface area (Å²) in [5.74, 6) is 0.0273. The van der Waals surface area contributed by atoms with E-state index in [0.717, 1.165) is 9.88 Å². The van der Waals surface area contributed by atoms with Gasteiger partial charge in [0.25, 0.3) is 5.91 Å². The van der Waals surface area contributed by atoms with Gasteiger partial charge in [0.05, 0.1) is 23.4 Å². The monoisotopic (exact) mass is 367 g/mol. The fourth-order valence-corrected chi connectivity index (χ4v) is 3.69. The van der Waals surface area contributed by atoms with Gasteiger partial charge in [-0.15, -0.1) is 22.7 Å². The first-order chi connectivity index (χ1) is 12.2. The Hall–Kier alpha value is -2.95. The second kappa shape index (κ2) is 7.75. The molecule has 124 valence electrons. The van der Waals surface area contributed by atoms with Gasteiger partial charge in [0.15, 0.2) is 0 Å². The van der Waals surface area contributed by atoms with Crippen LogP contribution < -0.4 is 10.1 Å². The summed E-state index contributed by atoms with van der Waals surface area (Å²) in [6.07, 6.45) is 1.48. The zero-order chi connectivity index (χ0) is 17.6. The lowest BCUT2D eigenvalue weighted by molar-refractivity contribution is -0.112. The molecule has 1 aromatic carbocycles. The van der Waals surface area contributed by atoms with Crippen LogP contribution in [0.4, 0.5) is 5.69 Å². The molecule has 25 heavy (non-hydrogen) atoms. The fraction of sp³-hybridized carbons (Fsp3) is 0.0556. The van der Waals surface area contributed by atoms with Crippen molar-refractivity contribution in [1.82, 2.24) is 4.98 Å². The topological polar surface area (TPSA) is 75.0 Å². The van der Waals surface area contributed by atoms with Gasteiger partial charge < -0.3 is 10.1 Å². The number of benzene rings is 1. The number of anilines is 1. The normalized spacial score (nSPS) is 11.0. The third kappa shape index (κ3) is 3.94. The van der Waals surface area contributed by atoms with E-state index in [1.165, 1.54) is 24.5 Å². The minimum Gasteiger partial charge on any atom is -0.495 e. The van der Waals surface area contributed by atoms with Crippen molar-refractivity contribution in [3.05, 3.63) is 58.4 Å². The number of carbonyl (C=O) groups is 1. The lowest BCUT2D eigenvalue weighted by Crippen LogP contribution is -2.14. The van der Waals surface area contributed by atoms with Crippen LogP contribution in [0.3, 0.4) is 0 Å². The van der Waals surface area contributed by atoms with Gasteiger partial charge in [-0.3, -0.25) is 4.79 Å². The van der Waals surface area contributed by atoms with E-state index < -0.39 is 5.91 Å². The molecule has 0 saturated carbocycles. The van der Waals surface area contributed by atoms with E-state index in [1.807, 2.05) is 29.0 Å². The molecule has 1 N–H and O–H groups in total. The van der Waals surface area contributed by atoms with Crippen LogP contribution in [-0.4, -0.2) is 18.0 Å². The Kier molecular flexibility index (Phi) is 5.23. The van der Waals surface area contributed by atoms with Gasteiger partial charge in [-0.25, -0.2) is 4.98 Å². The van der Waals surface area contributed by atoms with Crippen molar-refractivity contribution < 1.29 is 9.53 Å². The molecule has 2 aromatic heterocycles. The molecular formula is C18H13N3O2S2. The first-order valence-corrected chi connectivity index (χ1v) is 9.02. The summed E-state index contributed by atoms with van der Waals surface area (Å²) in [5.41, 5.74) is 1.07. The Balaban J connectivity index is 1.81. The molecule has 0 aliphatic rings. The van der Waals surface area contributed by atoms with Gasteiger partial charge >= 0.3 is 0 Å². The molecule has 5 nitrogen and oxygen atoms in total. The number of aromatic nitrogens is 1. The Labute approximate surface area is 152 Å². The van der Waals surface area contributed by atoms with Crippen molar-refractivity contribution in [2.75, 3.05) is 12.4 Å². The predicted molar refractivity (Wildman–Crippen MR) is 101 cm³/mol. The smallest absolute Gasteiger partial charge is 0.266 e. The Morgan fingerprint density at radius 3 is 2.84 bits per heavy atom. The lowest BCUT2D eigenvalue weighted by Gasteiger charge is -2.08. The highest BCUT2D eigenvalue weighted by atomic mass is 32.1. The van der Waals surface area contributed by atoms with E-state index in [-0.39, 0.29) is 5.57 Å². The van der Waals surface area contributed by atoms with E-state index >= 15 is 0 Å². The van der Waals surface area contributed by atoms with Crippen molar-refractivity contribution >= 4 is 40.3 Å². The zero-order valence-corrected chi connectivity index (χ0v) is 14.9. The zero-order valence-electron chi connectivity index (χ0n) is 13.2. The molecule has 0 bridgehead atoms. The van der Waals surface area contributed by atoms with E-state index in [2.05, 4.69) is 10.3 Å². The molecule has 0 aliphatic carbocycles. The first-order valence-electron chi connectivity index (χ1n) is 7.27. The molecule has 0 fully saturated rings. The summed E-state index contributed by atoms with van der Waals surface area (Å²) >= 11 is 3.07. The van der Waals surface area contributed by atoms with Crippen molar-refractivity contribution in [2.24, 2.45) is 0 Å². The van der Waals surface area contributed by atoms with Crippen LogP contribution in [0.1, 0.15) is 5.69 Å². The largest absolute Gasteiger partial charge is 0.495 e. The number of methoxy groups -OCH3 is 1. The van der Waals surface area contributed by atoms with E-state index in [4.69, 9.17) is 4.74 Å². The maximum atomic E-state index is 12.4. The number of hydrogen-bond donors (Lipinski definition) is 1. The molecule has 3 aromatic rings. The van der Waals surface area contributed by atoms with Gasteiger partial charge in [-0.1, -0.05) is 18.2 Å². The van der Waals surface area contributed by atoms with E-state index in [0.29, 0.717) is 17.1 Å². The summed E-state index contributed by atoms with van der Waals surface area (Å²) in [5, 5.41) is 16.7. The number of nitrogens with zero attached hydrogens (tertiary/aromatic N) is 2. The Bertz CT molecular complexity index is 953. The minimum absolute atomic E-state index is 0.0195. The predicted octanol–water partition coefficient (Wildman–Crippen LogP) is 4.43.